The number of pyridine rings is 1. The molecule has 0 spiro atoms. The SMILES string of the molecule is CCc1nc2cccnc2n1-c1ccc(C(=O)NC[C@@H]2CCCN2CC)cc1. The summed E-state index contributed by atoms with van der Waals surface area (Å²) in [6.45, 7) is 7.16. The Morgan fingerprint density at radius 1 is 1.21 bits per heavy atom. The minimum atomic E-state index is -0.0150. The van der Waals surface area contributed by atoms with Crippen molar-refractivity contribution in [2.75, 3.05) is 19.6 Å². The zero-order chi connectivity index (χ0) is 19.5. The van der Waals surface area contributed by atoms with E-state index in [4.69, 9.17) is 0 Å². The van der Waals surface area contributed by atoms with Gasteiger partial charge in [0.2, 0.25) is 0 Å². The molecule has 1 aliphatic heterocycles. The van der Waals surface area contributed by atoms with Crippen LogP contribution in [0.1, 0.15) is 42.9 Å². The fourth-order valence-electron chi connectivity index (χ4n) is 4.08. The summed E-state index contributed by atoms with van der Waals surface area (Å²) < 4.78 is 2.06. The van der Waals surface area contributed by atoms with Gasteiger partial charge in [-0.25, -0.2) is 9.97 Å². The molecular weight excluding hydrogens is 350 g/mol. The molecule has 4 rings (SSSR count). The topological polar surface area (TPSA) is 63.1 Å². The van der Waals surface area contributed by atoms with E-state index in [1.165, 1.54) is 6.42 Å². The number of hydrogen-bond donors (Lipinski definition) is 1. The number of carbonyl (C=O) groups excluding carboxylic acids is 1. The Labute approximate surface area is 165 Å². The van der Waals surface area contributed by atoms with Crippen LogP contribution in [0.5, 0.6) is 0 Å². The molecule has 1 aromatic carbocycles. The summed E-state index contributed by atoms with van der Waals surface area (Å²) in [5, 5.41) is 3.10. The van der Waals surface area contributed by atoms with Crippen LogP contribution in [0.25, 0.3) is 16.9 Å². The van der Waals surface area contributed by atoms with E-state index in [2.05, 4.69) is 38.6 Å². The summed E-state index contributed by atoms with van der Waals surface area (Å²) in [6, 6.07) is 12.0. The van der Waals surface area contributed by atoms with Gasteiger partial charge >= 0.3 is 0 Å². The molecule has 1 N–H and O–H groups in total. The van der Waals surface area contributed by atoms with Gasteiger partial charge in [-0.05, 0) is 62.3 Å². The van der Waals surface area contributed by atoms with E-state index in [1.54, 1.807) is 6.20 Å². The third-order valence-electron chi connectivity index (χ3n) is 5.59. The first kappa shape index (κ1) is 18.6. The number of aryl methyl sites for hydroxylation is 1. The summed E-state index contributed by atoms with van der Waals surface area (Å²) >= 11 is 0. The van der Waals surface area contributed by atoms with Crippen molar-refractivity contribution < 1.29 is 4.79 Å². The van der Waals surface area contributed by atoms with Crippen LogP contribution in [0.2, 0.25) is 0 Å². The lowest BCUT2D eigenvalue weighted by Crippen LogP contribution is -2.40. The molecular formula is C22H27N5O. The van der Waals surface area contributed by atoms with Crippen LogP contribution in [-0.4, -0.2) is 51.0 Å². The van der Waals surface area contributed by atoms with E-state index in [0.717, 1.165) is 48.6 Å². The van der Waals surface area contributed by atoms with E-state index < -0.39 is 0 Å². The van der Waals surface area contributed by atoms with Gasteiger partial charge in [0.25, 0.3) is 5.91 Å². The molecule has 1 saturated heterocycles. The average molecular weight is 377 g/mol. The molecule has 6 nitrogen and oxygen atoms in total. The number of aromatic nitrogens is 3. The molecule has 0 aliphatic carbocycles. The average Bonchev–Trinajstić information content (AvgIpc) is 3.35. The first-order chi connectivity index (χ1) is 13.7. The van der Waals surface area contributed by atoms with Gasteiger partial charge in [0.1, 0.15) is 11.3 Å². The molecule has 28 heavy (non-hydrogen) atoms. The van der Waals surface area contributed by atoms with Gasteiger partial charge in [-0.15, -0.1) is 0 Å². The number of fused-ring (bicyclic) bond motifs is 1. The Morgan fingerprint density at radius 3 is 2.79 bits per heavy atom. The minimum absolute atomic E-state index is 0.0150. The van der Waals surface area contributed by atoms with Crippen molar-refractivity contribution in [1.82, 2.24) is 24.8 Å². The summed E-state index contributed by atoms with van der Waals surface area (Å²) in [5.74, 6) is 0.950. The highest BCUT2D eigenvalue weighted by molar-refractivity contribution is 5.94. The maximum absolute atomic E-state index is 12.6. The van der Waals surface area contributed by atoms with Crippen LogP contribution < -0.4 is 5.32 Å². The lowest BCUT2D eigenvalue weighted by molar-refractivity contribution is 0.0941. The number of amides is 1. The Hall–Kier alpha value is -2.73. The van der Waals surface area contributed by atoms with Crippen molar-refractivity contribution in [3.05, 3.63) is 54.0 Å². The molecule has 3 aromatic rings. The maximum atomic E-state index is 12.6. The Balaban J connectivity index is 1.51. The largest absolute Gasteiger partial charge is 0.350 e. The number of benzene rings is 1. The van der Waals surface area contributed by atoms with Gasteiger partial charge in [0.05, 0.1) is 0 Å². The van der Waals surface area contributed by atoms with Gasteiger partial charge in [0, 0.05) is 36.5 Å². The normalized spacial score (nSPS) is 17.3. The quantitative estimate of drug-likeness (QED) is 0.717. The second-order valence-electron chi connectivity index (χ2n) is 7.24. The van der Waals surface area contributed by atoms with E-state index in [1.807, 2.05) is 36.4 Å². The summed E-state index contributed by atoms with van der Waals surface area (Å²) in [7, 11) is 0. The molecule has 0 unspecified atom stereocenters. The molecule has 1 atom stereocenters. The van der Waals surface area contributed by atoms with Crippen LogP contribution in [0, 0.1) is 0 Å². The molecule has 1 aliphatic rings. The van der Waals surface area contributed by atoms with Crippen molar-refractivity contribution in [2.24, 2.45) is 0 Å². The molecule has 0 bridgehead atoms. The number of likely N-dealkylation sites (N-methyl/N-ethyl adjacent to an activating group) is 1. The zero-order valence-electron chi connectivity index (χ0n) is 16.6. The molecule has 2 aromatic heterocycles. The van der Waals surface area contributed by atoms with Gasteiger partial charge < -0.3 is 5.32 Å². The molecule has 6 heteroatoms. The van der Waals surface area contributed by atoms with Crippen molar-refractivity contribution in [2.45, 2.75) is 39.2 Å². The van der Waals surface area contributed by atoms with Crippen molar-refractivity contribution >= 4 is 17.1 Å². The number of nitrogens with one attached hydrogen (secondary N) is 1. The smallest absolute Gasteiger partial charge is 0.251 e. The van der Waals surface area contributed by atoms with Gasteiger partial charge in [0.15, 0.2) is 5.65 Å². The Kier molecular flexibility index (Phi) is 5.39. The third kappa shape index (κ3) is 3.52. The molecule has 1 amide bonds. The zero-order valence-corrected chi connectivity index (χ0v) is 16.6. The minimum Gasteiger partial charge on any atom is -0.350 e. The van der Waals surface area contributed by atoms with E-state index in [9.17, 15) is 4.79 Å². The van der Waals surface area contributed by atoms with Gasteiger partial charge in [-0.2, -0.15) is 0 Å². The highest BCUT2D eigenvalue weighted by atomic mass is 16.1. The molecule has 1 fully saturated rings. The second-order valence-corrected chi connectivity index (χ2v) is 7.24. The lowest BCUT2D eigenvalue weighted by atomic mass is 10.1. The van der Waals surface area contributed by atoms with E-state index >= 15 is 0 Å². The number of nitrogens with zero attached hydrogens (tertiary/aromatic N) is 4. The fourth-order valence-corrected chi connectivity index (χ4v) is 4.08. The standard InChI is InChI=1S/C22H27N5O/c1-3-20-25-19-8-5-13-23-21(19)27(20)17-11-9-16(10-12-17)22(28)24-15-18-7-6-14-26(18)4-2/h5,8-13,18H,3-4,6-7,14-15H2,1-2H3,(H,24,28)/t18-/m0/s1. The van der Waals surface area contributed by atoms with Crippen LogP contribution in [0.15, 0.2) is 42.6 Å². The molecule has 0 radical (unpaired) electrons. The monoisotopic (exact) mass is 377 g/mol. The summed E-state index contributed by atoms with van der Waals surface area (Å²) in [5.41, 5.74) is 3.39. The fraction of sp³-hybridized carbons (Fsp3) is 0.409. The predicted molar refractivity (Wildman–Crippen MR) is 111 cm³/mol. The van der Waals surface area contributed by atoms with Crippen LogP contribution >= 0.6 is 0 Å². The molecule has 146 valence electrons. The first-order valence-corrected chi connectivity index (χ1v) is 10.2. The Morgan fingerprint density at radius 2 is 2.04 bits per heavy atom. The Bertz CT molecular complexity index is 963. The lowest BCUT2D eigenvalue weighted by Gasteiger charge is -2.22. The molecule has 0 saturated carbocycles. The number of likely N-dealkylation sites (tertiary alicyclic amines) is 1. The highest BCUT2D eigenvalue weighted by Gasteiger charge is 2.23. The first-order valence-electron chi connectivity index (χ1n) is 10.2. The third-order valence-corrected chi connectivity index (χ3v) is 5.59. The van der Waals surface area contributed by atoms with Gasteiger partial charge in [-0.3, -0.25) is 14.3 Å². The van der Waals surface area contributed by atoms with Gasteiger partial charge in [-0.1, -0.05) is 13.8 Å². The number of hydrogen-bond acceptors (Lipinski definition) is 4. The summed E-state index contributed by atoms with van der Waals surface area (Å²) in [4.78, 5) is 24.2. The predicted octanol–water partition coefficient (Wildman–Crippen LogP) is 3.20. The number of imidazole rings is 1. The highest BCUT2D eigenvalue weighted by Crippen LogP contribution is 2.21. The van der Waals surface area contributed by atoms with Crippen LogP contribution in [-0.2, 0) is 6.42 Å². The van der Waals surface area contributed by atoms with E-state index in [-0.39, 0.29) is 5.91 Å². The maximum Gasteiger partial charge on any atom is 0.251 e. The van der Waals surface area contributed by atoms with Crippen molar-refractivity contribution in [1.29, 1.82) is 0 Å². The van der Waals surface area contributed by atoms with Crippen LogP contribution in [0.4, 0.5) is 0 Å². The number of carbonyl (C=O) groups is 1. The number of rotatable bonds is 6. The van der Waals surface area contributed by atoms with Crippen LogP contribution in [0.3, 0.4) is 0 Å². The van der Waals surface area contributed by atoms with Crippen molar-refractivity contribution in [3.63, 3.8) is 0 Å². The summed E-state index contributed by atoms with van der Waals surface area (Å²) in [6.07, 6.45) is 4.97. The molecule has 3 heterocycles. The van der Waals surface area contributed by atoms with E-state index in [0.29, 0.717) is 18.2 Å². The second kappa shape index (κ2) is 8.10. The van der Waals surface area contributed by atoms with Crippen molar-refractivity contribution in [3.8, 4) is 5.69 Å².